The molecule has 0 aliphatic rings. The number of aromatic nitrogens is 3. The predicted octanol–water partition coefficient (Wildman–Crippen LogP) is 14.3. The van der Waals surface area contributed by atoms with Crippen molar-refractivity contribution >= 4 is 65.4 Å². The lowest BCUT2D eigenvalue weighted by molar-refractivity contribution is 1.13. The summed E-state index contributed by atoms with van der Waals surface area (Å²) in [6.45, 7) is 0. The van der Waals surface area contributed by atoms with Crippen LogP contribution in [0.15, 0.2) is 212 Å². The van der Waals surface area contributed by atoms with E-state index in [0.29, 0.717) is 22.1 Å². The van der Waals surface area contributed by atoms with Crippen molar-refractivity contribution in [1.82, 2.24) is 13.7 Å². The molecule has 3 aromatic heterocycles. The summed E-state index contributed by atoms with van der Waals surface area (Å²) >= 11 is 0. The summed E-state index contributed by atoms with van der Waals surface area (Å²) in [5.74, 6) is 0. The van der Waals surface area contributed by atoms with Crippen molar-refractivity contribution < 1.29 is 17.8 Å². The zero-order chi connectivity index (χ0) is 48.8. The minimum Gasteiger partial charge on any atom is -0.309 e. The highest BCUT2D eigenvalue weighted by atomic mass is 15.1. The molecule has 0 radical (unpaired) electrons. The van der Waals surface area contributed by atoms with Gasteiger partial charge >= 0.3 is 0 Å². The maximum atomic E-state index is 10.1. The molecule has 0 aliphatic heterocycles. The van der Waals surface area contributed by atoms with Gasteiger partial charge in [-0.05, 0) is 88.9 Å². The molecule has 266 valence electrons. The Labute approximate surface area is 347 Å². The number of hydrogen-bond acceptors (Lipinski definition) is 0. The van der Waals surface area contributed by atoms with E-state index in [1.165, 1.54) is 0 Å². The topological polar surface area (TPSA) is 14.8 Å². The Bertz CT molecular complexity index is 4090. The van der Waals surface area contributed by atoms with E-state index in [1.807, 2.05) is 78.9 Å². The maximum absolute atomic E-state index is 10.1. The molecule has 12 aromatic rings. The van der Waals surface area contributed by atoms with Crippen LogP contribution in [0, 0.1) is 0 Å². The monoisotopic (exact) mass is 738 g/mol. The van der Waals surface area contributed by atoms with E-state index in [4.69, 9.17) is 13.7 Å². The standard InChI is InChI=1S/C54H35N3/c1-3-16-36(17-4-1)38-32-39(37-18-5-2-6-19-37)34-41(33-38)56-50-27-13-9-22-44(50)46-24-15-29-53(54(46)56)57-51-28-14-10-23-45(51)47-35-40(30-31-52(47)57)55-48-25-11-7-20-42(48)43-21-8-12-26-49(43)55/h1-35H/i1D,2D,3D,4D,5D,6D,16D,17D,18D,19D,32D,33D,34D. The lowest BCUT2D eigenvalue weighted by atomic mass is 9.98. The largest absolute Gasteiger partial charge is 0.309 e. The zero-order valence-corrected chi connectivity index (χ0v) is 30.0. The summed E-state index contributed by atoms with van der Waals surface area (Å²) in [4.78, 5) is 0. The van der Waals surface area contributed by atoms with Gasteiger partial charge in [0.25, 0.3) is 0 Å². The molecule has 12 rings (SSSR count). The Morgan fingerprint density at radius 3 is 1.35 bits per heavy atom. The molecule has 3 heteroatoms. The highest BCUT2D eigenvalue weighted by Gasteiger charge is 2.22. The second-order valence-corrected chi connectivity index (χ2v) is 13.9. The first-order valence-electron chi connectivity index (χ1n) is 25.1. The molecule has 0 N–H and O–H groups in total. The first-order valence-corrected chi connectivity index (χ1v) is 18.6. The van der Waals surface area contributed by atoms with Crippen molar-refractivity contribution in [2.75, 3.05) is 0 Å². The summed E-state index contributed by atoms with van der Waals surface area (Å²) < 4.78 is 123. The molecule has 3 heterocycles. The van der Waals surface area contributed by atoms with Crippen LogP contribution in [0.1, 0.15) is 17.8 Å². The van der Waals surface area contributed by atoms with Gasteiger partial charge in [0.2, 0.25) is 0 Å². The van der Waals surface area contributed by atoms with Crippen LogP contribution >= 0.6 is 0 Å². The predicted molar refractivity (Wildman–Crippen MR) is 240 cm³/mol. The second kappa shape index (κ2) is 12.5. The second-order valence-electron chi connectivity index (χ2n) is 13.9. The van der Waals surface area contributed by atoms with E-state index < -0.39 is 101 Å². The fourth-order valence-electron chi connectivity index (χ4n) is 8.54. The molecular formula is C54H35N3. The number of para-hydroxylation sites is 5. The van der Waals surface area contributed by atoms with Crippen LogP contribution in [0.2, 0.25) is 0 Å². The van der Waals surface area contributed by atoms with Crippen molar-refractivity contribution in [1.29, 1.82) is 0 Å². The number of hydrogen-bond donors (Lipinski definition) is 0. The average Bonchev–Trinajstić information content (AvgIpc) is 4.01. The van der Waals surface area contributed by atoms with Crippen LogP contribution < -0.4 is 0 Å². The Morgan fingerprint density at radius 2 is 0.772 bits per heavy atom. The van der Waals surface area contributed by atoms with Crippen LogP contribution in [0.4, 0.5) is 0 Å². The maximum Gasteiger partial charge on any atom is 0.0782 e. The molecule has 3 nitrogen and oxygen atoms in total. The van der Waals surface area contributed by atoms with Crippen molar-refractivity contribution in [2.45, 2.75) is 0 Å². The average molecular weight is 739 g/mol. The molecular weight excluding hydrogens is 691 g/mol. The van der Waals surface area contributed by atoms with Gasteiger partial charge in [-0.1, -0.05) is 145 Å². The number of fused-ring (bicyclic) bond motifs is 9. The molecule has 0 unspecified atom stereocenters. The van der Waals surface area contributed by atoms with Gasteiger partial charge in [0.1, 0.15) is 0 Å². The van der Waals surface area contributed by atoms with Gasteiger partial charge < -0.3 is 13.7 Å². The van der Waals surface area contributed by atoms with Crippen LogP contribution in [0.3, 0.4) is 0 Å². The van der Waals surface area contributed by atoms with Crippen LogP contribution in [0.5, 0.6) is 0 Å². The minimum atomic E-state index is -0.720. The molecule has 0 saturated heterocycles. The first kappa shape index (κ1) is 21.5. The van der Waals surface area contributed by atoms with E-state index >= 15 is 0 Å². The van der Waals surface area contributed by atoms with Gasteiger partial charge in [-0.15, -0.1) is 0 Å². The smallest absolute Gasteiger partial charge is 0.0782 e. The SMILES string of the molecule is [2H]c1c([2H])c([2H])c(-c2c([2H])c(-c3c([2H])c([2H])c([2H])c([2H])c3[2H])c([2H])c(-n3c4ccccc4c4cccc(-n5c6ccccc6c6cc(-n7c8ccccc8c8ccccc87)ccc65)c43)c2[2H])c([2H])c1[2H]. The number of nitrogens with zero attached hydrogens (tertiary/aromatic N) is 3. The summed E-state index contributed by atoms with van der Waals surface area (Å²) in [6, 6.07) is 35.2. The Morgan fingerprint density at radius 1 is 0.316 bits per heavy atom. The highest BCUT2D eigenvalue weighted by Crippen LogP contribution is 2.42. The van der Waals surface area contributed by atoms with Crippen molar-refractivity contribution in [2.24, 2.45) is 0 Å². The Kier molecular flexibility index (Phi) is 4.69. The fraction of sp³-hybridized carbons (Fsp3) is 0. The number of rotatable bonds is 5. The Hall–Kier alpha value is -7.62. The third-order valence-electron chi connectivity index (χ3n) is 10.9. The van der Waals surface area contributed by atoms with E-state index in [9.17, 15) is 4.11 Å². The van der Waals surface area contributed by atoms with Gasteiger partial charge in [0, 0.05) is 43.7 Å². The van der Waals surface area contributed by atoms with Crippen LogP contribution in [0.25, 0.3) is 105 Å². The fourth-order valence-corrected chi connectivity index (χ4v) is 8.54. The van der Waals surface area contributed by atoms with Gasteiger partial charge in [0.15, 0.2) is 0 Å². The molecule has 57 heavy (non-hydrogen) atoms. The molecule has 0 aliphatic carbocycles. The highest BCUT2D eigenvalue weighted by molar-refractivity contribution is 6.16. The summed E-state index contributed by atoms with van der Waals surface area (Å²) in [6.07, 6.45) is 0. The summed E-state index contributed by atoms with van der Waals surface area (Å²) in [5.41, 5.74) is 4.27. The normalized spacial score (nSPS) is 15.1. The quantitative estimate of drug-likeness (QED) is 0.167. The number of benzene rings is 9. The lowest BCUT2D eigenvalue weighted by Crippen LogP contribution is -2.01. The van der Waals surface area contributed by atoms with Gasteiger partial charge in [-0.3, -0.25) is 0 Å². The summed E-state index contributed by atoms with van der Waals surface area (Å²) in [5, 5.41) is 5.59. The van der Waals surface area contributed by atoms with Crippen molar-refractivity contribution in [3.63, 3.8) is 0 Å². The van der Waals surface area contributed by atoms with E-state index in [0.717, 1.165) is 54.7 Å². The van der Waals surface area contributed by atoms with Crippen molar-refractivity contribution in [3.8, 4) is 39.3 Å². The minimum absolute atomic E-state index is 0.201. The molecule has 0 fully saturated rings. The van der Waals surface area contributed by atoms with Crippen molar-refractivity contribution in [3.05, 3.63) is 212 Å². The molecule has 9 aromatic carbocycles. The third-order valence-corrected chi connectivity index (χ3v) is 10.9. The van der Waals surface area contributed by atoms with E-state index in [2.05, 4.69) is 57.7 Å². The Balaban J connectivity index is 1.23. The molecule has 0 atom stereocenters. The van der Waals surface area contributed by atoms with E-state index in [-0.39, 0.29) is 5.69 Å². The summed E-state index contributed by atoms with van der Waals surface area (Å²) in [7, 11) is 0. The first-order chi connectivity index (χ1) is 33.7. The van der Waals surface area contributed by atoms with Gasteiger partial charge in [-0.2, -0.15) is 0 Å². The van der Waals surface area contributed by atoms with Gasteiger partial charge in [0.05, 0.1) is 56.6 Å². The molecule has 0 saturated carbocycles. The van der Waals surface area contributed by atoms with Crippen LogP contribution in [-0.4, -0.2) is 13.7 Å². The molecule has 0 amide bonds. The third kappa shape index (κ3) is 4.79. The van der Waals surface area contributed by atoms with Crippen LogP contribution in [-0.2, 0) is 0 Å². The molecule has 0 spiro atoms. The molecule has 0 bridgehead atoms. The van der Waals surface area contributed by atoms with E-state index in [1.54, 1.807) is 10.6 Å². The van der Waals surface area contributed by atoms with Gasteiger partial charge in [-0.25, -0.2) is 0 Å². The lowest BCUT2D eigenvalue weighted by Gasteiger charge is -2.17. The zero-order valence-electron chi connectivity index (χ0n) is 43.0.